The van der Waals surface area contributed by atoms with Gasteiger partial charge in [-0.2, -0.15) is 0 Å². The highest BCUT2D eigenvalue weighted by Gasteiger charge is 2.12. The van der Waals surface area contributed by atoms with Crippen LogP contribution in [0, 0.1) is 0 Å². The standard InChI is InChI=1S/C18H17BrClN3O2S/c19-14-11-21-18(20)22-17(14)16-10-12-9-13(1-2-15(12)26-16)25-8-5-23-3-6-24-7-4-23/h1-2,9-11H,3-8H2. The van der Waals surface area contributed by atoms with Gasteiger partial charge in [0.15, 0.2) is 0 Å². The lowest BCUT2D eigenvalue weighted by molar-refractivity contribution is 0.0322. The zero-order chi connectivity index (χ0) is 17.9. The molecule has 26 heavy (non-hydrogen) atoms. The highest BCUT2D eigenvalue weighted by molar-refractivity contribution is 9.10. The van der Waals surface area contributed by atoms with Crippen LogP contribution in [0.3, 0.4) is 0 Å². The molecule has 1 aromatic carbocycles. The minimum absolute atomic E-state index is 0.243. The molecule has 0 atom stereocenters. The number of nitrogens with zero attached hydrogens (tertiary/aromatic N) is 3. The van der Waals surface area contributed by atoms with Crippen molar-refractivity contribution in [2.75, 3.05) is 39.5 Å². The molecule has 1 aliphatic heterocycles. The van der Waals surface area contributed by atoms with Crippen LogP contribution in [0.5, 0.6) is 5.75 Å². The molecule has 1 aliphatic rings. The topological polar surface area (TPSA) is 47.5 Å². The molecule has 1 saturated heterocycles. The molecule has 8 heteroatoms. The quantitative estimate of drug-likeness (QED) is 0.532. The molecule has 4 rings (SSSR count). The minimum atomic E-state index is 0.243. The lowest BCUT2D eigenvalue weighted by Crippen LogP contribution is -2.38. The Morgan fingerprint density at radius 1 is 1.27 bits per heavy atom. The average Bonchev–Trinajstić information content (AvgIpc) is 3.08. The minimum Gasteiger partial charge on any atom is -0.492 e. The number of benzene rings is 1. The molecule has 2 aromatic heterocycles. The molecule has 0 unspecified atom stereocenters. The highest BCUT2D eigenvalue weighted by atomic mass is 79.9. The summed E-state index contributed by atoms with van der Waals surface area (Å²) in [6, 6.07) is 8.29. The van der Waals surface area contributed by atoms with Crippen LogP contribution in [0.4, 0.5) is 0 Å². The molecular weight excluding hydrogens is 438 g/mol. The van der Waals surface area contributed by atoms with Crippen LogP contribution in [0.25, 0.3) is 20.7 Å². The normalized spacial score (nSPS) is 15.5. The molecule has 0 spiro atoms. The Morgan fingerprint density at radius 2 is 2.12 bits per heavy atom. The van der Waals surface area contributed by atoms with Gasteiger partial charge in [-0.05, 0) is 57.2 Å². The van der Waals surface area contributed by atoms with Crippen LogP contribution in [-0.4, -0.2) is 54.3 Å². The Bertz CT molecular complexity index is 915. The van der Waals surface area contributed by atoms with E-state index in [9.17, 15) is 0 Å². The Kier molecular flexibility index (Phi) is 5.71. The van der Waals surface area contributed by atoms with E-state index < -0.39 is 0 Å². The number of morpholine rings is 1. The average molecular weight is 455 g/mol. The number of hydrogen-bond donors (Lipinski definition) is 0. The van der Waals surface area contributed by atoms with Crippen molar-refractivity contribution in [3.8, 4) is 16.3 Å². The summed E-state index contributed by atoms with van der Waals surface area (Å²) in [7, 11) is 0. The summed E-state index contributed by atoms with van der Waals surface area (Å²) in [5.74, 6) is 0.884. The third kappa shape index (κ3) is 4.18. The van der Waals surface area contributed by atoms with Crippen molar-refractivity contribution in [2.45, 2.75) is 0 Å². The predicted molar refractivity (Wildman–Crippen MR) is 108 cm³/mol. The van der Waals surface area contributed by atoms with E-state index in [4.69, 9.17) is 21.1 Å². The second kappa shape index (κ2) is 8.19. The SMILES string of the molecule is Clc1ncc(Br)c(-c2cc3cc(OCCN4CCOCC4)ccc3s2)n1. The van der Waals surface area contributed by atoms with Gasteiger partial charge in [-0.3, -0.25) is 4.90 Å². The van der Waals surface area contributed by atoms with Crippen molar-refractivity contribution in [3.63, 3.8) is 0 Å². The number of aromatic nitrogens is 2. The maximum Gasteiger partial charge on any atom is 0.222 e. The Morgan fingerprint density at radius 3 is 2.96 bits per heavy atom. The molecular formula is C18H17BrClN3O2S. The first kappa shape index (κ1) is 18.1. The van der Waals surface area contributed by atoms with Crippen molar-refractivity contribution in [2.24, 2.45) is 0 Å². The fourth-order valence-electron chi connectivity index (χ4n) is 2.86. The highest BCUT2D eigenvalue weighted by Crippen LogP contribution is 2.37. The summed E-state index contributed by atoms with van der Waals surface area (Å²) in [5.41, 5.74) is 0.806. The molecule has 0 saturated carbocycles. The van der Waals surface area contributed by atoms with Crippen molar-refractivity contribution in [1.82, 2.24) is 14.9 Å². The second-order valence-electron chi connectivity index (χ2n) is 5.95. The maximum atomic E-state index is 5.94. The zero-order valence-electron chi connectivity index (χ0n) is 14.0. The van der Waals surface area contributed by atoms with Gasteiger partial charge in [0.2, 0.25) is 5.28 Å². The van der Waals surface area contributed by atoms with E-state index >= 15 is 0 Å². The number of halogens is 2. The Balaban J connectivity index is 1.48. The summed E-state index contributed by atoms with van der Waals surface area (Å²) in [6.07, 6.45) is 1.68. The molecule has 136 valence electrons. The molecule has 0 N–H and O–H groups in total. The first-order chi connectivity index (χ1) is 12.7. The van der Waals surface area contributed by atoms with Crippen LogP contribution >= 0.6 is 38.9 Å². The molecule has 0 aliphatic carbocycles. The number of rotatable bonds is 5. The van der Waals surface area contributed by atoms with Crippen molar-refractivity contribution >= 4 is 49.0 Å². The van der Waals surface area contributed by atoms with E-state index in [2.05, 4.69) is 49.0 Å². The predicted octanol–water partition coefficient (Wildman–Crippen LogP) is 4.49. The zero-order valence-corrected chi connectivity index (χ0v) is 17.1. The second-order valence-corrected chi connectivity index (χ2v) is 8.22. The summed E-state index contributed by atoms with van der Waals surface area (Å²) >= 11 is 11.1. The van der Waals surface area contributed by atoms with E-state index in [0.29, 0.717) is 6.61 Å². The van der Waals surface area contributed by atoms with Crippen LogP contribution in [0.15, 0.2) is 34.9 Å². The van der Waals surface area contributed by atoms with Gasteiger partial charge >= 0.3 is 0 Å². The van der Waals surface area contributed by atoms with Crippen LogP contribution in [0.2, 0.25) is 5.28 Å². The van der Waals surface area contributed by atoms with Crippen molar-refractivity contribution < 1.29 is 9.47 Å². The Hall–Kier alpha value is -1.25. The summed E-state index contributed by atoms with van der Waals surface area (Å²) in [4.78, 5) is 11.7. The largest absolute Gasteiger partial charge is 0.492 e. The number of thiophene rings is 1. The third-order valence-corrected chi connectivity index (χ3v) is 6.10. The molecule has 0 amide bonds. The lowest BCUT2D eigenvalue weighted by atomic mass is 10.2. The number of hydrogen-bond acceptors (Lipinski definition) is 6. The summed E-state index contributed by atoms with van der Waals surface area (Å²) < 4.78 is 13.3. The van der Waals surface area contributed by atoms with Gasteiger partial charge in [0.05, 0.1) is 28.3 Å². The smallest absolute Gasteiger partial charge is 0.222 e. The van der Waals surface area contributed by atoms with Gasteiger partial charge < -0.3 is 9.47 Å². The van der Waals surface area contributed by atoms with Crippen molar-refractivity contribution in [3.05, 3.63) is 40.2 Å². The number of fused-ring (bicyclic) bond motifs is 1. The molecule has 0 bridgehead atoms. The van der Waals surface area contributed by atoms with Crippen LogP contribution in [-0.2, 0) is 4.74 Å². The van der Waals surface area contributed by atoms with Crippen LogP contribution < -0.4 is 4.74 Å². The molecule has 5 nitrogen and oxygen atoms in total. The van der Waals surface area contributed by atoms with Gasteiger partial charge in [0, 0.05) is 30.5 Å². The van der Waals surface area contributed by atoms with E-state index in [1.807, 2.05) is 6.07 Å². The number of ether oxygens (including phenoxy) is 2. The monoisotopic (exact) mass is 453 g/mol. The molecule has 1 fully saturated rings. The van der Waals surface area contributed by atoms with E-state index in [0.717, 1.165) is 59.0 Å². The molecule has 3 aromatic rings. The third-order valence-electron chi connectivity index (χ3n) is 4.22. The van der Waals surface area contributed by atoms with Gasteiger partial charge in [0.1, 0.15) is 12.4 Å². The van der Waals surface area contributed by atoms with Gasteiger partial charge in [-0.15, -0.1) is 11.3 Å². The van der Waals surface area contributed by atoms with E-state index in [1.54, 1.807) is 17.5 Å². The maximum absolute atomic E-state index is 5.94. The first-order valence-electron chi connectivity index (χ1n) is 8.34. The van der Waals surface area contributed by atoms with Gasteiger partial charge in [0.25, 0.3) is 0 Å². The molecule has 3 heterocycles. The van der Waals surface area contributed by atoms with Crippen LogP contribution in [0.1, 0.15) is 0 Å². The fourth-order valence-corrected chi connectivity index (χ4v) is 4.58. The molecule has 0 radical (unpaired) electrons. The fraction of sp³-hybridized carbons (Fsp3) is 0.333. The summed E-state index contributed by atoms with van der Waals surface area (Å²) in [5, 5.41) is 1.38. The van der Waals surface area contributed by atoms with Gasteiger partial charge in [-0.25, -0.2) is 9.97 Å². The summed E-state index contributed by atoms with van der Waals surface area (Å²) in [6.45, 7) is 5.18. The van der Waals surface area contributed by atoms with Gasteiger partial charge in [-0.1, -0.05) is 0 Å². The van der Waals surface area contributed by atoms with Crippen molar-refractivity contribution in [1.29, 1.82) is 0 Å². The lowest BCUT2D eigenvalue weighted by Gasteiger charge is -2.26. The first-order valence-corrected chi connectivity index (χ1v) is 10.3. The van der Waals surface area contributed by atoms with E-state index in [-0.39, 0.29) is 5.28 Å². The van der Waals surface area contributed by atoms with E-state index in [1.165, 1.54) is 4.70 Å². The Labute approximate surface area is 169 Å².